The molecule has 0 fully saturated rings. The van der Waals surface area contributed by atoms with Crippen LogP contribution in [0.15, 0.2) is 24.3 Å². The Balaban J connectivity index is 3.45. The Kier molecular flexibility index (Phi) is 5.78. The van der Waals surface area contributed by atoms with E-state index < -0.39 is 0 Å². The Bertz CT molecular complexity index is 477. The van der Waals surface area contributed by atoms with Gasteiger partial charge in [0.05, 0.1) is 0 Å². The van der Waals surface area contributed by atoms with Gasteiger partial charge in [-0.15, -0.1) is 0 Å². The van der Waals surface area contributed by atoms with E-state index >= 15 is 0 Å². The summed E-state index contributed by atoms with van der Waals surface area (Å²) in [5.74, 6) is 0.322. The summed E-state index contributed by atoms with van der Waals surface area (Å²) in [6.45, 7) is 18.4. The maximum Gasteiger partial charge on any atom is 0.0420 e. The highest BCUT2D eigenvalue weighted by Crippen LogP contribution is 2.58. The maximum atomic E-state index is 8.59. The van der Waals surface area contributed by atoms with Crippen molar-refractivity contribution in [3.05, 3.63) is 29.8 Å². The molecule has 0 heterocycles. The third-order valence-electron chi connectivity index (χ3n) is 3.88. The second-order valence-electron chi connectivity index (χ2n) is 7.92. The van der Waals surface area contributed by atoms with Crippen LogP contribution in [0, 0.1) is 11.3 Å². The molecule has 0 aliphatic rings. The maximum absolute atomic E-state index is 8.59. The van der Waals surface area contributed by atoms with Gasteiger partial charge in [0.1, 0.15) is 0 Å². The summed E-state index contributed by atoms with van der Waals surface area (Å²) in [4.78, 5) is 0. The van der Waals surface area contributed by atoms with E-state index in [-0.39, 0.29) is 18.2 Å². The lowest BCUT2D eigenvalue weighted by molar-refractivity contribution is 0.714. The molecule has 1 rings (SSSR count). The van der Waals surface area contributed by atoms with E-state index in [0.29, 0.717) is 5.92 Å². The standard InChI is InChI=1S/C19H32NP/c1-9-14(2)17(20)15-12-10-11-13-16(15)21(18(3,4)5)19(6,7)8/h10-14,20H,9H2,1-8H3. The molecule has 0 aliphatic heterocycles. The van der Waals surface area contributed by atoms with E-state index in [9.17, 15) is 0 Å². The number of hydrogen-bond acceptors (Lipinski definition) is 1. The van der Waals surface area contributed by atoms with Gasteiger partial charge >= 0.3 is 0 Å². The van der Waals surface area contributed by atoms with Gasteiger partial charge in [0.15, 0.2) is 0 Å². The topological polar surface area (TPSA) is 23.9 Å². The molecule has 0 aliphatic carbocycles. The number of benzene rings is 1. The third-order valence-corrected chi connectivity index (χ3v) is 7.44. The second kappa shape index (κ2) is 6.61. The van der Waals surface area contributed by atoms with E-state index in [1.807, 2.05) is 0 Å². The minimum Gasteiger partial charge on any atom is -0.304 e. The third kappa shape index (κ3) is 4.39. The quantitative estimate of drug-likeness (QED) is 0.536. The average molecular weight is 305 g/mol. The van der Waals surface area contributed by atoms with Crippen LogP contribution in [-0.4, -0.2) is 16.0 Å². The summed E-state index contributed by atoms with van der Waals surface area (Å²) in [5, 5.41) is 10.5. The molecule has 0 saturated heterocycles. The number of rotatable bonds is 4. The lowest BCUT2D eigenvalue weighted by atomic mass is 9.96. The first kappa shape index (κ1) is 18.4. The van der Waals surface area contributed by atoms with Gasteiger partial charge in [0.25, 0.3) is 0 Å². The van der Waals surface area contributed by atoms with Gasteiger partial charge in [0, 0.05) is 11.3 Å². The minimum absolute atomic E-state index is 0.236. The molecule has 21 heavy (non-hydrogen) atoms. The van der Waals surface area contributed by atoms with Gasteiger partial charge in [-0.1, -0.05) is 87.6 Å². The molecule has 118 valence electrons. The Morgan fingerprint density at radius 3 is 1.95 bits per heavy atom. The molecular weight excluding hydrogens is 273 g/mol. The van der Waals surface area contributed by atoms with Crippen molar-refractivity contribution in [2.75, 3.05) is 0 Å². The van der Waals surface area contributed by atoms with Crippen LogP contribution >= 0.6 is 7.92 Å². The van der Waals surface area contributed by atoms with Crippen LogP contribution in [0.2, 0.25) is 0 Å². The van der Waals surface area contributed by atoms with Crippen LogP contribution in [-0.2, 0) is 0 Å². The highest BCUT2D eigenvalue weighted by atomic mass is 31.1. The summed E-state index contributed by atoms with van der Waals surface area (Å²) in [6.07, 6.45) is 1.02. The normalized spacial score (nSPS) is 14.3. The first-order valence-electron chi connectivity index (χ1n) is 7.98. The lowest BCUT2D eigenvalue weighted by Gasteiger charge is -2.42. The molecule has 0 saturated carbocycles. The van der Waals surface area contributed by atoms with Gasteiger partial charge in [0.2, 0.25) is 0 Å². The van der Waals surface area contributed by atoms with Gasteiger partial charge < -0.3 is 5.41 Å². The molecule has 1 nitrogen and oxygen atoms in total. The molecule has 0 bridgehead atoms. The van der Waals surface area contributed by atoms with Crippen molar-refractivity contribution in [2.45, 2.75) is 72.1 Å². The molecular formula is C19H32NP. The lowest BCUT2D eigenvalue weighted by Crippen LogP contribution is -2.34. The van der Waals surface area contributed by atoms with Crippen LogP contribution in [0.3, 0.4) is 0 Å². The highest BCUT2D eigenvalue weighted by molar-refractivity contribution is 7.68. The van der Waals surface area contributed by atoms with Crippen molar-refractivity contribution in [3.63, 3.8) is 0 Å². The molecule has 0 amide bonds. The van der Waals surface area contributed by atoms with Crippen molar-refractivity contribution in [3.8, 4) is 0 Å². The zero-order valence-corrected chi connectivity index (χ0v) is 15.9. The zero-order chi connectivity index (χ0) is 16.4. The van der Waals surface area contributed by atoms with E-state index in [4.69, 9.17) is 5.41 Å². The van der Waals surface area contributed by atoms with Gasteiger partial charge in [-0.25, -0.2) is 0 Å². The Labute approximate surface area is 132 Å². The summed E-state index contributed by atoms with van der Waals surface area (Å²) < 4.78 is 0. The van der Waals surface area contributed by atoms with Crippen LogP contribution in [0.5, 0.6) is 0 Å². The monoisotopic (exact) mass is 305 g/mol. The minimum atomic E-state index is -0.362. The van der Waals surface area contributed by atoms with E-state index in [1.54, 1.807) is 0 Å². The fraction of sp³-hybridized carbons (Fsp3) is 0.632. The van der Waals surface area contributed by atoms with Gasteiger partial charge in [-0.3, -0.25) is 0 Å². The number of nitrogens with one attached hydrogen (secondary N) is 1. The van der Waals surface area contributed by atoms with Crippen molar-refractivity contribution < 1.29 is 0 Å². The Morgan fingerprint density at radius 2 is 1.52 bits per heavy atom. The van der Waals surface area contributed by atoms with Gasteiger partial charge in [-0.05, 0) is 28.0 Å². The summed E-state index contributed by atoms with van der Waals surface area (Å²) in [7, 11) is -0.362. The molecule has 1 N–H and O–H groups in total. The molecule has 1 aromatic rings. The molecule has 0 aromatic heterocycles. The predicted molar refractivity (Wildman–Crippen MR) is 98.8 cm³/mol. The van der Waals surface area contributed by atoms with Crippen molar-refractivity contribution in [2.24, 2.45) is 5.92 Å². The molecule has 0 spiro atoms. The SMILES string of the molecule is CCC(C)C(=N)c1ccccc1P(C(C)(C)C)C(C)(C)C. The Morgan fingerprint density at radius 1 is 1.05 bits per heavy atom. The smallest absolute Gasteiger partial charge is 0.0420 e. The fourth-order valence-corrected chi connectivity index (χ4v) is 7.22. The van der Waals surface area contributed by atoms with Gasteiger partial charge in [-0.2, -0.15) is 0 Å². The van der Waals surface area contributed by atoms with Crippen LogP contribution < -0.4 is 5.30 Å². The molecule has 1 unspecified atom stereocenters. The molecule has 0 radical (unpaired) electrons. The molecule has 2 heteroatoms. The van der Waals surface area contributed by atoms with Crippen molar-refractivity contribution in [1.29, 1.82) is 5.41 Å². The van der Waals surface area contributed by atoms with Crippen LogP contribution in [0.25, 0.3) is 0 Å². The van der Waals surface area contributed by atoms with Crippen molar-refractivity contribution in [1.82, 2.24) is 0 Å². The largest absolute Gasteiger partial charge is 0.304 e. The molecule has 1 aromatic carbocycles. The molecule has 1 atom stereocenters. The summed E-state index contributed by atoms with van der Waals surface area (Å²) in [6, 6.07) is 8.62. The van der Waals surface area contributed by atoms with Crippen LogP contribution in [0.1, 0.15) is 67.4 Å². The van der Waals surface area contributed by atoms with E-state index in [1.165, 1.54) is 10.9 Å². The first-order valence-corrected chi connectivity index (χ1v) is 9.32. The zero-order valence-electron chi connectivity index (χ0n) is 15.0. The summed E-state index contributed by atoms with van der Waals surface area (Å²) in [5.41, 5.74) is 1.97. The van der Waals surface area contributed by atoms with Crippen LogP contribution in [0.4, 0.5) is 0 Å². The van der Waals surface area contributed by atoms with Crippen molar-refractivity contribution >= 4 is 18.9 Å². The summed E-state index contributed by atoms with van der Waals surface area (Å²) >= 11 is 0. The van der Waals surface area contributed by atoms with E-state index in [2.05, 4.69) is 79.7 Å². The highest BCUT2D eigenvalue weighted by Gasteiger charge is 2.37. The second-order valence-corrected chi connectivity index (χ2v) is 11.8. The predicted octanol–water partition coefficient (Wildman–Crippen LogP) is 5.80. The Hall–Kier alpha value is -0.680. The average Bonchev–Trinajstić information content (AvgIpc) is 2.34. The van der Waals surface area contributed by atoms with E-state index in [0.717, 1.165) is 12.1 Å². The first-order chi connectivity index (χ1) is 9.50. The fourth-order valence-electron chi connectivity index (χ4n) is 3.09. The number of hydrogen-bond donors (Lipinski definition) is 1.